The Hall–Kier alpha value is -1.88. The van der Waals surface area contributed by atoms with Crippen LogP contribution in [0, 0.1) is 6.92 Å². The summed E-state index contributed by atoms with van der Waals surface area (Å²) >= 11 is 1.54. The highest BCUT2D eigenvalue weighted by atomic mass is 32.2. The van der Waals surface area contributed by atoms with Gasteiger partial charge in [0.2, 0.25) is 0 Å². The zero-order valence-corrected chi connectivity index (χ0v) is 11.3. The van der Waals surface area contributed by atoms with Crippen LogP contribution in [-0.2, 0) is 5.75 Å². The maximum atomic E-state index is 11.5. The van der Waals surface area contributed by atoms with Crippen LogP contribution < -0.4 is 5.43 Å². The number of aliphatic imine (C=N–C) groups is 2. The van der Waals surface area contributed by atoms with Gasteiger partial charge in [0, 0.05) is 29.3 Å². The van der Waals surface area contributed by atoms with E-state index in [4.69, 9.17) is 0 Å². The molecule has 96 valence electrons. The zero-order chi connectivity index (χ0) is 13.2. The van der Waals surface area contributed by atoms with Crippen LogP contribution in [0.4, 0.5) is 0 Å². The fourth-order valence-electron chi connectivity index (χ4n) is 1.93. The normalized spacial score (nSPS) is 16.8. The van der Waals surface area contributed by atoms with Gasteiger partial charge >= 0.3 is 0 Å². The van der Waals surface area contributed by atoms with Gasteiger partial charge in [0.15, 0.2) is 10.6 Å². The van der Waals surface area contributed by atoms with Crippen LogP contribution in [0.1, 0.15) is 17.7 Å². The second-order valence-corrected chi connectivity index (χ2v) is 5.30. The largest absolute Gasteiger partial charge is 0.364 e. The first-order valence-electron chi connectivity index (χ1n) is 6.08. The van der Waals surface area contributed by atoms with Crippen molar-refractivity contribution in [2.24, 2.45) is 9.98 Å². The summed E-state index contributed by atoms with van der Waals surface area (Å²) in [6, 6.07) is 1.54. The Bertz CT molecular complexity index is 695. The van der Waals surface area contributed by atoms with Crippen molar-refractivity contribution in [1.29, 1.82) is 0 Å². The number of pyridine rings is 1. The highest BCUT2D eigenvalue weighted by Gasteiger charge is 2.16. The molecule has 0 unspecified atom stereocenters. The number of nitrogens with zero attached hydrogens (tertiary/aromatic N) is 2. The van der Waals surface area contributed by atoms with E-state index >= 15 is 0 Å². The first-order chi connectivity index (χ1) is 9.24. The summed E-state index contributed by atoms with van der Waals surface area (Å²) in [4.78, 5) is 23.6. The van der Waals surface area contributed by atoms with Crippen LogP contribution in [0.25, 0.3) is 0 Å². The predicted octanol–water partition coefficient (Wildman–Crippen LogP) is 2.57. The van der Waals surface area contributed by atoms with E-state index in [-0.39, 0.29) is 5.43 Å². The minimum Gasteiger partial charge on any atom is -0.364 e. The molecule has 19 heavy (non-hydrogen) atoms. The summed E-state index contributed by atoms with van der Waals surface area (Å²) in [5.41, 5.74) is 3.65. The molecule has 0 spiro atoms. The number of allylic oxidation sites excluding steroid dienone is 3. The van der Waals surface area contributed by atoms with E-state index < -0.39 is 0 Å². The summed E-state index contributed by atoms with van der Waals surface area (Å²) in [6.45, 7) is 1.84. The van der Waals surface area contributed by atoms with Gasteiger partial charge in [0.1, 0.15) is 0 Å². The number of nitrogens with one attached hydrogen (secondary N) is 1. The fraction of sp³-hybridized carbons (Fsp3) is 0.214. The first-order valence-corrected chi connectivity index (χ1v) is 7.07. The molecule has 1 N–H and O–H groups in total. The monoisotopic (exact) mass is 271 g/mol. The van der Waals surface area contributed by atoms with Gasteiger partial charge in [-0.25, -0.2) is 9.98 Å². The van der Waals surface area contributed by atoms with Gasteiger partial charge in [-0.3, -0.25) is 4.79 Å². The van der Waals surface area contributed by atoms with Crippen LogP contribution in [0.15, 0.2) is 51.0 Å². The maximum Gasteiger partial charge on any atom is 0.189 e. The number of fused-ring (bicyclic) bond motifs is 1. The molecule has 1 aromatic heterocycles. The molecule has 4 nitrogen and oxygen atoms in total. The third-order valence-electron chi connectivity index (χ3n) is 3.08. The highest BCUT2D eigenvalue weighted by molar-refractivity contribution is 8.13. The SMILES string of the molecule is Cc1c(CSC2=NC3=CCC=CC3=N2)[nH]ccc1=O. The number of aromatic nitrogens is 1. The van der Waals surface area contributed by atoms with Crippen molar-refractivity contribution in [3.63, 3.8) is 0 Å². The number of thioether (sulfide) groups is 1. The molecule has 0 saturated carbocycles. The number of aromatic amines is 1. The number of hydrogen-bond acceptors (Lipinski definition) is 4. The molecule has 1 aromatic rings. The van der Waals surface area contributed by atoms with Crippen LogP contribution in [0.5, 0.6) is 0 Å². The fourth-order valence-corrected chi connectivity index (χ4v) is 2.83. The Morgan fingerprint density at radius 1 is 1.42 bits per heavy atom. The Morgan fingerprint density at radius 2 is 2.32 bits per heavy atom. The lowest BCUT2D eigenvalue weighted by molar-refractivity contribution is 1.11. The average Bonchev–Trinajstić information content (AvgIpc) is 2.83. The molecule has 0 saturated heterocycles. The lowest BCUT2D eigenvalue weighted by Gasteiger charge is -2.03. The maximum absolute atomic E-state index is 11.5. The average molecular weight is 271 g/mol. The van der Waals surface area contributed by atoms with Gasteiger partial charge in [-0.2, -0.15) is 0 Å². The summed E-state index contributed by atoms with van der Waals surface area (Å²) in [5.74, 6) is 0.675. The molecule has 1 aliphatic heterocycles. The van der Waals surface area contributed by atoms with E-state index in [1.807, 2.05) is 13.0 Å². The van der Waals surface area contributed by atoms with E-state index in [0.29, 0.717) is 5.75 Å². The second kappa shape index (κ2) is 5.01. The lowest BCUT2D eigenvalue weighted by atomic mass is 10.1. The third-order valence-corrected chi connectivity index (χ3v) is 3.95. The van der Waals surface area contributed by atoms with Crippen LogP contribution in [0.2, 0.25) is 0 Å². The second-order valence-electron chi connectivity index (χ2n) is 4.35. The quantitative estimate of drug-likeness (QED) is 0.898. The topological polar surface area (TPSA) is 57.6 Å². The molecule has 3 rings (SSSR count). The number of hydrogen-bond donors (Lipinski definition) is 1. The van der Waals surface area contributed by atoms with Crippen molar-refractivity contribution in [2.75, 3.05) is 0 Å². The summed E-state index contributed by atoms with van der Waals surface area (Å²) in [6.07, 6.45) is 8.74. The zero-order valence-electron chi connectivity index (χ0n) is 10.5. The van der Waals surface area contributed by atoms with Gasteiger partial charge in [-0.1, -0.05) is 23.9 Å². The van der Waals surface area contributed by atoms with Gasteiger partial charge in [0.05, 0.1) is 11.4 Å². The van der Waals surface area contributed by atoms with Gasteiger partial charge in [-0.05, 0) is 19.4 Å². The molecule has 1 aliphatic carbocycles. The number of H-pyrrole nitrogens is 1. The predicted molar refractivity (Wildman–Crippen MR) is 79.8 cm³/mol. The molecule has 5 heteroatoms. The molecular weight excluding hydrogens is 258 g/mol. The Balaban J connectivity index is 1.74. The van der Waals surface area contributed by atoms with Crippen LogP contribution >= 0.6 is 11.8 Å². The van der Waals surface area contributed by atoms with E-state index in [1.165, 1.54) is 0 Å². The van der Waals surface area contributed by atoms with Crippen molar-refractivity contribution < 1.29 is 0 Å². The van der Waals surface area contributed by atoms with Gasteiger partial charge in [-0.15, -0.1) is 0 Å². The standard InChI is InChI=1S/C14H13N3OS/c1-9-12(15-7-6-13(9)18)8-19-14-16-10-4-2-3-5-11(10)17-14/h2,4-7H,3,8H2,1H3,(H,15,18). The van der Waals surface area contributed by atoms with Crippen LogP contribution in [-0.4, -0.2) is 15.9 Å². The summed E-state index contributed by atoms with van der Waals surface area (Å²) in [5, 5.41) is 0.761. The van der Waals surface area contributed by atoms with Crippen molar-refractivity contribution >= 4 is 22.6 Å². The Labute approximate surface area is 115 Å². The smallest absolute Gasteiger partial charge is 0.189 e. The lowest BCUT2D eigenvalue weighted by Crippen LogP contribution is -2.08. The molecule has 2 heterocycles. The van der Waals surface area contributed by atoms with E-state index in [9.17, 15) is 4.79 Å². The molecule has 0 bridgehead atoms. The molecule has 0 fully saturated rings. The molecule has 0 radical (unpaired) electrons. The molecule has 0 atom stereocenters. The molecule has 2 aliphatic rings. The molecule has 0 aromatic carbocycles. The van der Waals surface area contributed by atoms with Crippen molar-refractivity contribution in [3.05, 3.63) is 57.7 Å². The molecular formula is C14H13N3OS. The Kier molecular flexibility index (Phi) is 3.21. The van der Waals surface area contributed by atoms with Crippen molar-refractivity contribution in [1.82, 2.24) is 4.98 Å². The van der Waals surface area contributed by atoms with Gasteiger partial charge in [0.25, 0.3) is 0 Å². The Morgan fingerprint density at radius 3 is 3.16 bits per heavy atom. The van der Waals surface area contributed by atoms with E-state index in [2.05, 4.69) is 27.1 Å². The third kappa shape index (κ3) is 2.46. The summed E-state index contributed by atoms with van der Waals surface area (Å²) < 4.78 is 0. The number of amidine groups is 1. The minimum atomic E-state index is 0.0633. The van der Waals surface area contributed by atoms with Crippen LogP contribution in [0.3, 0.4) is 0 Å². The van der Waals surface area contributed by atoms with E-state index in [1.54, 1.807) is 24.0 Å². The first kappa shape index (κ1) is 12.2. The van der Waals surface area contributed by atoms with E-state index in [0.717, 1.165) is 34.3 Å². The van der Waals surface area contributed by atoms with Gasteiger partial charge < -0.3 is 4.98 Å². The highest BCUT2D eigenvalue weighted by Crippen LogP contribution is 2.23. The summed E-state index contributed by atoms with van der Waals surface area (Å²) in [7, 11) is 0. The number of rotatable bonds is 2. The molecule has 0 amide bonds. The van der Waals surface area contributed by atoms with Crippen molar-refractivity contribution in [2.45, 2.75) is 19.1 Å². The van der Waals surface area contributed by atoms with Crippen molar-refractivity contribution in [3.8, 4) is 0 Å². The minimum absolute atomic E-state index is 0.0633.